The van der Waals surface area contributed by atoms with Gasteiger partial charge in [-0.25, -0.2) is 23.7 Å². The zero-order valence-electron chi connectivity index (χ0n) is 15.8. The zero-order valence-corrected chi connectivity index (χ0v) is 15.8. The van der Waals surface area contributed by atoms with Crippen LogP contribution < -0.4 is 4.74 Å². The van der Waals surface area contributed by atoms with Gasteiger partial charge in [0.05, 0.1) is 17.4 Å². The lowest BCUT2D eigenvalue weighted by atomic mass is 10.0. The number of alkyl halides is 2. The van der Waals surface area contributed by atoms with Gasteiger partial charge in [-0.3, -0.25) is 4.79 Å². The lowest BCUT2D eigenvalue weighted by Crippen LogP contribution is -2.55. The van der Waals surface area contributed by atoms with Crippen LogP contribution in [0.3, 0.4) is 0 Å². The molecule has 7 nitrogen and oxygen atoms in total. The van der Waals surface area contributed by atoms with Crippen molar-refractivity contribution < 1.29 is 18.3 Å². The first-order valence-electron chi connectivity index (χ1n) is 9.49. The fourth-order valence-electron chi connectivity index (χ4n) is 3.63. The number of ether oxygens (including phenoxy) is 1. The van der Waals surface area contributed by atoms with Gasteiger partial charge in [0.2, 0.25) is 5.88 Å². The van der Waals surface area contributed by atoms with Gasteiger partial charge in [-0.15, -0.1) is 0 Å². The molecule has 30 heavy (non-hydrogen) atoms. The predicted molar refractivity (Wildman–Crippen MR) is 106 cm³/mol. The highest BCUT2D eigenvalue weighted by molar-refractivity contribution is 6.03. The van der Waals surface area contributed by atoms with E-state index in [1.807, 2.05) is 18.2 Å². The minimum absolute atomic E-state index is 0.0905. The van der Waals surface area contributed by atoms with Crippen molar-refractivity contribution in [2.24, 2.45) is 0 Å². The number of pyridine rings is 1. The minimum Gasteiger partial charge on any atom is -0.466 e. The highest BCUT2D eigenvalue weighted by atomic mass is 19.3. The normalized spacial score (nSPS) is 18.6. The van der Waals surface area contributed by atoms with Crippen LogP contribution >= 0.6 is 0 Å². The number of nitrogens with one attached hydrogen (secondary N) is 1. The third kappa shape index (κ3) is 3.22. The average molecular weight is 409 g/mol. The Bertz CT molecular complexity index is 1240. The summed E-state index contributed by atoms with van der Waals surface area (Å²) in [5, 5.41) is 1.44. The molecule has 4 heterocycles. The summed E-state index contributed by atoms with van der Waals surface area (Å²) in [5.41, 5.74) is 1.34. The minimum atomic E-state index is -3.08. The maximum atomic E-state index is 14.6. The summed E-state index contributed by atoms with van der Waals surface area (Å²) >= 11 is 0. The summed E-state index contributed by atoms with van der Waals surface area (Å²) in [4.78, 5) is 29.7. The first-order valence-corrected chi connectivity index (χ1v) is 9.49. The first-order chi connectivity index (χ1) is 14.5. The summed E-state index contributed by atoms with van der Waals surface area (Å²) in [7, 11) is 0. The predicted octanol–water partition coefficient (Wildman–Crippen LogP) is 3.43. The highest BCUT2D eigenvalue weighted by Crippen LogP contribution is 2.32. The molecule has 0 saturated carbocycles. The van der Waals surface area contributed by atoms with E-state index in [4.69, 9.17) is 4.74 Å². The van der Waals surface area contributed by atoms with E-state index in [1.165, 1.54) is 11.2 Å². The molecule has 0 radical (unpaired) electrons. The van der Waals surface area contributed by atoms with Crippen molar-refractivity contribution in [3.63, 3.8) is 0 Å². The second-order valence-electron chi connectivity index (χ2n) is 7.17. The van der Waals surface area contributed by atoms with Crippen molar-refractivity contribution >= 4 is 27.8 Å². The quantitative estimate of drug-likeness (QED) is 0.560. The largest absolute Gasteiger partial charge is 0.466 e. The van der Waals surface area contributed by atoms with Gasteiger partial charge < -0.3 is 14.6 Å². The fraction of sp³-hybridized carbons (Fsp3) is 0.238. The van der Waals surface area contributed by atoms with E-state index in [1.54, 1.807) is 30.5 Å². The molecule has 0 spiro atoms. The topological polar surface area (TPSA) is 84.0 Å². The molecule has 0 aliphatic carbocycles. The van der Waals surface area contributed by atoms with Crippen LogP contribution in [-0.2, 0) is 0 Å². The summed E-state index contributed by atoms with van der Waals surface area (Å²) in [6, 6.07) is 12.4. The van der Waals surface area contributed by atoms with Crippen molar-refractivity contribution in [3.05, 3.63) is 60.7 Å². The van der Waals surface area contributed by atoms with Crippen LogP contribution in [0.15, 0.2) is 55.0 Å². The van der Waals surface area contributed by atoms with E-state index in [2.05, 4.69) is 19.9 Å². The number of para-hydroxylation sites is 1. The van der Waals surface area contributed by atoms with Crippen LogP contribution in [0.1, 0.15) is 16.9 Å². The van der Waals surface area contributed by atoms with Crippen LogP contribution in [0.25, 0.3) is 21.9 Å². The van der Waals surface area contributed by atoms with Gasteiger partial charge >= 0.3 is 0 Å². The second-order valence-corrected chi connectivity index (χ2v) is 7.17. The standard InChI is InChI=1S/C21H17F2N5O2/c22-21(23)8-10-28(20(29)18-14-7-9-24-19(14)26-12-25-18)11-16(21)30-17-6-5-13-3-1-2-4-15(13)27-17/h1-7,9,12,16H,8,10-11H2,(H,24,25,26)/t16-/m0/s1. The molecule has 5 rings (SSSR count). The number of rotatable bonds is 3. The Kier molecular flexibility index (Phi) is 4.30. The molecule has 1 N–H and O–H groups in total. The molecule has 1 amide bonds. The number of fused-ring (bicyclic) bond motifs is 2. The molecular weight excluding hydrogens is 392 g/mol. The van der Waals surface area contributed by atoms with Gasteiger partial charge in [0.15, 0.2) is 6.10 Å². The number of aromatic nitrogens is 4. The van der Waals surface area contributed by atoms with Crippen LogP contribution in [0.4, 0.5) is 8.78 Å². The summed E-state index contributed by atoms with van der Waals surface area (Å²) in [6.45, 7) is -0.358. The van der Waals surface area contributed by atoms with E-state index >= 15 is 0 Å². The highest BCUT2D eigenvalue weighted by Gasteiger charge is 2.47. The van der Waals surface area contributed by atoms with Crippen LogP contribution in [-0.4, -0.2) is 55.9 Å². The average Bonchev–Trinajstić information content (AvgIpc) is 3.23. The molecule has 9 heteroatoms. The Morgan fingerprint density at radius 3 is 2.93 bits per heavy atom. The molecule has 152 valence electrons. The third-order valence-electron chi connectivity index (χ3n) is 5.25. The monoisotopic (exact) mass is 409 g/mol. The molecule has 1 atom stereocenters. The van der Waals surface area contributed by atoms with Gasteiger partial charge in [-0.1, -0.05) is 18.2 Å². The SMILES string of the molecule is O=C(c1ncnc2[nH]ccc12)N1CCC(F)(F)[C@@H](Oc2ccc3ccccc3n2)C1. The molecule has 1 aromatic carbocycles. The summed E-state index contributed by atoms with van der Waals surface area (Å²) < 4.78 is 34.8. The van der Waals surface area contributed by atoms with Gasteiger partial charge in [-0.2, -0.15) is 0 Å². The third-order valence-corrected chi connectivity index (χ3v) is 5.25. The molecule has 0 bridgehead atoms. The van der Waals surface area contributed by atoms with Crippen molar-refractivity contribution in [2.75, 3.05) is 13.1 Å². The van der Waals surface area contributed by atoms with Crippen LogP contribution in [0, 0.1) is 0 Å². The summed E-state index contributed by atoms with van der Waals surface area (Å²) in [6.07, 6.45) is 0.917. The fourth-order valence-corrected chi connectivity index (χ4v) is 3.63. The number of nitrogens with zero attached hydrogens (tertiary/aromatic N) is 4. The Hall–Kier alpha value is -3.62. The van der Waals surface area contributed by atoms with E-state index in [0.29, 0.717) is 16.6 Å². The second kappa shape index (κ2) is 7.01. The van der Waals surface area contributed by atoms with Gasteiger partial charge in [0.1, 0.15) is 17.7 Å². The number of hydrogen-bond donors (Lipinski definition) is 1. The van der Waals surface area contributed by atoms with E-state index < -0.39 is 24.4 Å². The number of amides is 1. The molecule has 1 aliphatic heterocycles. The molecule has 0 unspecified atom stereocenters. The van der Waals surface area contributed by atoms with Gasteiger partial charge in [-0.05, 0) is 18.2 Å². The molecule has 1 saturated heterocycles. The molecule has 4 aromatic rings. The van der Waals surface area contributed by atoms with Crippen molar-refractivity contribution in [2.45, 2.75) is 18.4 Å². The maximum Gasteiger partial charge on any atom is 0.287 e. The van der Waals surface area contributed by atoms with Crippen molar-refractivity contribution in [3.8, 4) is 5.88 Å². The van der Waals surface area contributed by atoms with Crippen molar-refractivity contribution in [1.82, 2.24) is 24.8 Å². The van der Waals surface area contributed by atoms with Crippen LogP contribution in [0.2, 0.25) is 0 Å². The number of hydrogen-bond acceptors (Lipinski definition) is 5. The van der Waals surface area contributed by atoms with Crippen molar-refractivity contribution in [1.29, 1.82) is 0 Å². The first kappa shape index (κ1) is 18.4. The zero-order chi connectivity index (χ0) is 20.7. The number of likely N-dealkylation sites (tertiary alicyclic amines) is 1. The van der Waals surface area contributed by atoms with Gasteiger partial charge in [0, 0.05) is 30.6 Å². The Morgan fingerprint density at radius 2 is 2.03 bits per heavy atom. The number of benzene rings is 1. The van der Waals surface area contributed by atoms with E-state index in [0.717, 1.165) is 5.39 Å². The number of piperidine rings is 1. The molecule has 1 aliphatic rings. The maximum absolute atomic E-state index is 14.6. The number of carbonyl (C=O) groups is 1. The lowest BCUT2D eigenvalue weighted by molar-refractivity contribution is -0.131. The number of H-pyrrole nitrogens is 1. The molecule has 3 aromatic heterocycles. The van der Waals surface area contributed by atoms with E-state index in [9.17, 15) is 13.6 Å². The van der Waals surface area contributed by atoms with E-state index in [-0.39, 0.29) is 24.7 Å². The number of aromatic amines is 1. The lowest BCUT2D eigenvalue weighted by Gasteiger charge is -2.37. The molecular formula is C21H17F2N5O2. The Balaban J connectivity index is 1.40. The smallest absolute Gasteiger partial charge is 0.287 e. The number of carbonyl (C=O) groups excluding carboxylic acids is 1. The number of halogens is 2. The molecule has 1 fully saturated rings. The Labute approximate surface area is 169 Å². The Morgan fingerprint density at radius 1 is 1.17 bits per heavy atom. The van der Waals surface area contributed by atoms with Gasteiger partial charge in [0.25, 0.3) is 11.8 Å². The van der Waals surface area contributed by atoms with Crippen LogP contribution in [0.5, 0.6) is 5.88 Å². The summed E-state index contributed by atoms with van der Waals surface area (Å²) in [5.74, 6) is -3.42.